The van der Waals surface area contributed by atoms with E-state index in [4.69, 9.17) is 0 Å². The maximum Gasteiger partial charge on any atom is 0.231 e. The van der Waals surface area contributed by atoms with Gasteiger partial charge in [-0.3, -0.25) is 14.5 Å². The molecule has 0 aromatic carbocycles. The van der Waals surface area contributed by atoms with Crippen molar-refractivity contribution in [1.29, 1.82) is 0 Å². The van der Waals surface area contributed by atoms with E-state index in [1.807, 2.05) is 31.1 Å². The van der Waals surface area contributed by atoms with Crippen LogP contribution in [0.15, 0.2) is 5.38 Å². The number of nitrogens with one attached hydrogen (secondary N) is 1. The van der Waals surface area contributed by atoms with Gasteiger partial charge in [0.15, 0.2) is 5.13 Å². The molecule has 1 N–H and O–H groups in total. The Balaban J connectivity index is 1.53. The lowest BCUT2D eigenvalue weighted by atomic mass is 9.91. The van der Waals surface area contributed by atoms with E-state index in [-0.39, 0.29) is 17.7 Å². The van der Waals surface area contributed by atoms with Crippen molar-refractivity contribution < 1.29 is 9.59 Å². The molecular formula is C21H34N4O2S. The Kier molecular flexibility index (Phi) is 6.76. The van der Waals surface area contributed by atoms with Crippen LogP contribution in [0.5, 0.6) is 0 Å². The number of amides is 2. The minimum atomic E-state index is -0.408. The number of nitrogens with zero attached hydrogens (tertiary/aromatic N) is 3. The molecule has 2 aliphatic rings. The zero-order valence-corrected chi connectivity index (χ0v) is 18.5. The maximum atomic E-state index is 12.7. The fourth-order valence-electron chi connectivity index (χ4n) is 4.15. The topological polar surface area (TPSA) is 65.5 Å². The van der Waals surface area contributed by atoms with Crippen LogP contribution in [0.25, 0.3) is 0 Å². The van der Waals surface area contributed by atoms with Gasteiger partial charge in [0.25, 0.3) is 0 Å². The van der Waals surface area contributed by atoms with Gasteiger partial charge in [0.1, 0.15) is 0 Å². The first-order valence-electron chi connectivity index (χ1n) is 10.5. The van der Waals surface area contributed by atoms with E-state index in [9.17, 15) is 9.59 Å². The second-order valence-corrected chi connectivity index (χ2v) is 10.3. The number of hydrogen-bond donors (Lipinski definition) is 1. The highest BCUT2D eigenvalue weighted by molar-refractivity contribution is 7.13. The van der Waals surface area contributed by atoms with E-state index in [0.717, 1.165) is 50.6 Å². The number of thiazole rings is 1. The molecule has 0 aliphatic carbocycles. The number of hydrogen-bond acceptors (Lipinski definition) is 5. The predicted octanol–water partition coefficient (Wildman–Crippen LogP) is 3.60. The first-order chi connectivity index (χ1) is 13.2. The molecule has 156 valence electrons. The summed E-state index contributed by atoms with van der Waals surface area (Å²) >= 11 is 1.49. The van der Waals surface area contributed by atoms with Crippen LogP contribution >= 0.6 is 11.3 Å². The van der Waals surface area contributed by atoms with Gasteiger partial charge >= 0.3 is 0 Å². The standard InChI is InChI=1S/C21H34N4O2S/c1-15-7-5-9-24(11-15)13-17-14-28-20(22-17)23-18(26)16-8-6-10-25(12-16)19(27)21(2,3)4/h14-16H,5-13H2,1-4H3,(H,22,23,26). The van der Waals surface area contributed by atoms with E-state index >= 15 is 0 Å². The van der Waals surface area contributed by atoms with Crippen LogP contribution in [0.1, 0.15) is 59.1 Å². The molecule has 2 fully saturated rings. The fourth-order valence-corrected chi connectivity index (χ4v) is 4.86. The lowest BCUT2D eigenvalue weighted by Crippen LogP contribution is -2.47. The van der Waals surface area contributed by atoms with E-state index in [2.05, 4.69) is 22.1 Å². The Labute approximate surface area is 172 Å². The van der Waals surface area contributed by atoms with Crippen molar-refractivity contribution in [3.63, 3.8) is 0 Å². The van der Waals surface area contributed by atoms with Crippen LogP contribution in [-0.4, -0.2) is 52.8 Å². The summed E-state index contributed by atoms with van der Waals surface area (Å²) in [7, 11) is 0. The average molecular weight is 407 g/mol. The molecule has 6 nitrogen and oxygen atoms in total. The Morgan fingerprint density at radius 1 is 1.21 bits per heavy atom. The molecule has 7 heteroatoms. The highest BCUT2D eigenvalue weighted by atomic mass is 32.1. The molecule has 1 aromatic heterocycles. The van der Waals surface area contributed by atoms with E-state index < -0.39 is 5.41 Å². The van der Waals surface area contributed by atoms with Crippen molar-refractivity contribution >= 4 is 28.3 Å². The first-order valence-corrected chi connectivity index (χ1v) is 11.4. The molecule has 2 amide bonds. The molecule has 2 saturated heterocycles. The van der Waals surface area contributed by atoms with E-state index in [1.165, 1.54) is 24.2 Å². The molecule has 2 aliphatic heterocycles. The zero-order valence-electron chi connectivity index (χ0n) is 17.7. The molecule has 0 radical (unpaired) electrons. The molecule has 2 unspecified atom stereocenters. The molecular weight excluding hydrogens is 372 g/mol. The van der Waals surface area contributed by atoms with Gasteiger partial charge in [0.05, 0.1) is 11.6 Å². The monoisotopic (exact) mass is 406 g/mol. The van der Waals surface area contributed by atoms with Gasteiger partial charge in [-0.15, -0.1) is 11.3 Å². The number of carbonyl (C=O) groups excluding carboxylic acids is 2. The summed E-state index contributed by atoms with van der Waals surface area (Å²) in [6.45, 7) is 12.5. The lowest BCUT2D eigenvalue weighted by Gasteiger charge is -2.35. The summed E-state index contributed by atoms with van der Waals surface area (Å²) < 4.78 is 0. The summed E-state index contributed by atoms with van der Waals surface area (Å²) in [4.78, 5) is 34.2. The van der Waals surface area contributed by atoms with Crippen molar-refractivity contribution in [1.82, 2.24) is 14.8 Å². The van der Waals surface area contributed by atoms with Gasteiger partial charge in [-0.05, 0) is 38.1 Å². The second-order valence-electron chi connectivity index (χ2n) is 9.46. The van der Waals surface area contributed by atoms with Crippen molar-refractivity contribution in [3.05, 3.63) is 11.1 Å². The molecule has 3 rings (SSSR count). The van der Waals surface area contributed by atoms with Crippen LogP contribution in [0, 0.1) is 17.3 Å². The Hall–Kier alpha value is -1.47. The molecule has 1 aromatic rings. The largest absolute Gasteiger partial charge is 0.341 e. The van der Waals surface area contributed by atoms with Crippen LogP contribution in [0.4, 0.5) is 5.13 Å². The predicted molar refractivity (Wildman–Crippen MR) is 113 cm³/mol. The number of likely N-dealkylation sites (tertiary alicyclic amines) is 2. The van der Waals surface area contributed by atoms with Gasteiger partial charge in [-0.2, -0.15) is 0 Å². The normalized spacial score (nSPS) is 24.2. The molecule has 3 heterocycles. The van der Waals surface area contributed by atoms with Gasteiger partial charge in [0, 0.05) is 37.0 Å². The number of anilines is 1. The Bertz CT molecular complexity index is 697. The molecule has 0 bridgehead atoms. The summed E-state index contributed by atoms with van der Waals surface area (Å²) in [5, 5.41) is 5.71. The maximum absolute atomic E-state index is 12.7. The fraction of sp³-hybridized carbons (Fsp3) is 0.762. The minimum Gasteiger partial charge on any atom is -0.341 e. The second kappa shape index (κ2) is 8.91. The van der Waals surface area contributed by atoms with Crippen LogP contribution in [0.3, 0.4) is 0 Å². The number of carbonyl (C=O) groups is 2. The van der Waals surface area contributed by atoms with Gasteiger partial charge in [-0.1, -0.05) is 27.7 Å². The molecule has 2 atom stereocenters. The lowest BCUT2D eigenvalue weighted by molar-refractivity contribution is -0.142. The average Bonchev–Trinajstić information content (AvgIpc) is 3.07. The molecule has 0 spiro atoms. The van der Waals surface area contributed by atoms with E-state index in [0.29, 0.717) is 11.7 Å². The number of piperidine rings is 2. The third-order valence-electron chi connectivity index (χ3n) is 5.63. The van der Waals surface area contributed by atoms with Gasteiger partial charge in [-0.25, -0.2) is 4.98 Å². The SMILES string of the molecule is CC1CCCN(Cc2csc(NC(=O)C3CCCN(C(=O)C(C)(C)C)C3)n2)C1. The summed E-state index contributed by atoms with van der Waals surface area (Å²) in [5.41, 5.74) is 0.622. The molecule has 28 heavy (non-hydrogen) atoms. The summed E-state index contributed by atoms with van der Waals surface area (Å²) in [6.07, 6.45) is 4.26. The molecule has 0 saturated carbocycles. The van der Waals surface area contributed by atoms with Crippen molar-refractivity contribution in [2.45, 2.75) is 59.9 Å². The smallest absolute Gasteiger partial charge is 0.231 e. The highest BCUT2D eigenvalue weighted by Crippen LogP contribution is 2.25. The van der Waals surface area contributed by atoms with Crippen molar-refractivity contribution in [3.8, 4) is 0 Å². The van der Waals surface area contributed by atoms with Crippen LogP contribution < -0.4 is 5.32 Å². The van der Waals surface area contributed by atoms with Gasteiger partial charge in [0.2, 0.25) is 11.8 Å². The third-order valence-corrected chi connectivity index (χ3v) is 6.44. The zero-order chi connectivity index (χ0) is 20.3. The van der Waals surface area contributed by atoms with Gasteiger partial charge < -0.3 is 10.2 Å². The Morgan fingerprint density at radius 3 is 2.68 bits per heavy atom. The first kappa shape index (κ1) is 21.2. The number of aromatic nitrogens is 1. The van der Waals surface area contributed by atoms with Crippen molar-refractivity contribution in [2.75, 3.05) is 31.5 Å². The van der Waals surface area contributed by atoms with E-state index in [1.54, 1.807) is 0 Å². The quantitative estimate of drug-likeness (QED) is 0.830. The van der Waals surface area contributed by atoms with Crippen LogP contribution in [-0.2, 0) is 16.1 Å². The number of rotatable bonds is 4. The van der Waals surface area contributed by atoms with Crippen molar-refractivity contribution in [2.24, 2.45) is 17.3 Å². The summed E-state index contributed by atoms with van der Waals surface area (Å²) in [6, 6.07) is 0. The van der Waals surface area contributed by atoms with Crippen LogP contribution in [0.2, 0.25) is 0 Å². The Morgan fingerprint density at radius 2 is 1.96 bits per heavy atom. The summed E-state index contributed by atoms with van der Waals surface area (Å²) in [5.74, 6) is 0.697. The third kappa shape index (κ3) is 5.54. The minimum absolute atomic E-state index is 0.0149. The highest BCUT2D eigenvalue weighted by Gasteiger charge is 2.33.